The summed E-state index contributed by atoms with van der Waals surface area (Å²) >= 11 is 0. The van der Waals surface area contributed by atoms with Crippen LogP contribution in [0.4, 0.5) is 0 Å². The molecular formula is C18H28N2O2. The largest absolute Gasteiger partial charge is 0.353 e. The summed E-state index contributed by atoms with van der Waals surface area (Å²) in [4.78, 5) is 5.04. The fourth-order valence-corrected chi connectivity index (χ4v) is 3.17. The maximum Gasteiger partial charge on any atom is 0.157 e. The van der Waals surface area contributed by atoms with Gasteiger partial charge in [-0.1, -0.05) is 30.3 Å². The van der Waals surface area contributed by atoms with Crippen LogP contribution in [0.5, 0.6) is 0 Å². The Kier molecular flexibility index (Phi) is 6.25. The molecule has 122 valence electrons. The van der Waals surface area contributed by atoms with Crippen LogP contribution >= 0.6 is 0 Å². The zero-order valence-corrected chi connectivity index (χ0v) is 13.5. The van der Waals surface area contributed by atoms with Gasteiger partial charge in [0.25, 0.3) is 0 Å². The maximum atomic E-state index is 5.83. The van der Waals surface area contributed by atoms with E-state index in [9.17, 15) is 0 Å². The van der Waals surface area contributed by atoms with Gasteiger partial charge < -0.3 is 9.47 Å². The van der Waals surface area contributed by atoms with Gasteiger partial charge in [0.05, 0.1) is 6.61 Å². The maximum absolute atomic E-state index is 5.83. The van der Waals surface area contributed by atoms with Crippen molar-refractivity contribution >= 4 is 0 Å². The van der Waals surface area contributed by atoms with Gasteiger partial charge in [-0.2, -0.15) is 0 Å². The van der Waals surface area contributed by atoms with Crippen LogP contribution in [-0.2, 0) is 16.0 Å². The second-order valence-electron chi connectivity index (χ2n) is 6.27. The summed E-state index contributed by atoms with van der Waals surface area (Å²) < 4.78 is 11.4. The first kappa shape index (κ1) is 15.9. The highest BCUT2D eigenvalue weighted by Gasteiger charge is 2.18. The standard InChI is InChI=1S/C18H28N2O2/c1-2-6-17(7-3-1)16-20-11-9-19(10-12-20)13-15-22-18-8-4-5-14-21-18/h1-3,6-7,18H,4-5,8-16H2/t18-/m1/s1. The first-order valence-corrected chi connectivity index (χ1v) is 8.62. The second kappa shape index (κ2) is 8.63. The lowest BCUT2D eigenvalue weighted by Gasteiger charge is -2.35. The monoisotopic (exact) mass is 304 g/mol. The van der Waals surface area contributed by atoms with Crippen molar-refractivity contribution < 1.29 is 9.47 Å². The molecule has 3 rings (SSSR count). The minimum atomic E-state index is 0.0492. The molecular weight excluding hydrogens is 276 g/mol. The Bertz CT molecular complexity index is 412. The Morgan fingerprint density at radius 2 is 1.77 bits per heavy atom. The molecule has 2 heterocycles. The van der Waals surface area contributed by atoms with Crippen LogP contribution in [0.2, 0.25) is 0 Å². The van der Waals surface area contributed by atoms with Crippen LogP contribution in [0.1, 0.15) is 24.8 Å². The minimum absolute atomic E-state index is 0.0492. The van der Waals surface area contributed by atoms with E-state index in [1.165, 1.54) is 18.4 Å². The van der Waals surface area contributed by atoms with Crippen molar-refractivity contribution in [3.05, 3.63) is 35.9 Å². The minimum Gasteiger partial charge on any atom is -0.353 e. The molecule has 0 spiro atoms. The van der Waals surface area contributed by atoms with E-state index in [4.69, 9.17) is 9.47 Å². The summed E-state index contributed by atoms with van der Waals surface area (Å²) in [7, 11) is 0. The van der Waals surface area contributed by atoms with Gasteiger partial charge in [-0.05, 0) is 24.8 Å². The molecule has 4 nitrogen and oxygen atoms in total. The van der Waals surface area contributed by atoms with Crippen LogP contribution in [-0.4, -0.2) is 62.0 Å². The molecule has 0 amide bonds. The fraction of sp³-hybridized carbons (Fsp3) is 0.667. The lowest BCUT2D eigenvalue weighted by atomic mass is 10.2. The van der Waals surface area contributed by atoms with Gasteiger partial charge in [-0.25, -0.2) is 0 Å². The van der Waals surface area contributed by atoms with E-state index in [-0.39, 0.29) is 6.29 Å². The molecule has 0 radical (unpaired) electrons. The smallest absolute Gasteiger partial charge is 0.157 e. The van der Waals surface area contributed by atoms with Crippen molar-refractivity contribution in [2.45, 2.75) is 32.1 Å². The van der Waals surface area contributed by atoms with Crippen LogP contribution in [0.15, 0.2) is 30.3 Å². The quantitative estimate of drug-likeness (QED) is 0.805. The number of ether oxygens (including phenoxy) is 2. The fourth-order valence-electron chi connectivity index (χ4n) is 3.17. The summed E-state index contributed by atoms with van der Waals surface area (Å²) in [6, 6.07) is 10.7. The highest BCUT2D eigenvalue weighted by atomic mass is 16.7. The van der Waals surface area contributed by atoms with Gasteiger partial charge in [0.15, 0.2) is 6.29 Å². The molecule has 2 fully saturated rings. The molecule has 4 heteroatoms. The van der Waals surface area contributed by atoms with Crippen LogP contribution in [0.3, 0.4) is 0 Å². The predicted octanol–water partition coefficient (Wildman–Crippen LogP) is 2.35. The molecule has 2 aliphatic heterocycles. The summed E-state index contributed by atoms with van der Waals surface area (Å²) in [6.07, 6.45) is 3.53. The van der Waals surface area contributed by atoms with Crippen molar-refractivity contribution in [1.82, 2.24) is 9.80 Å². The first-order chi connectivity index (χ1) is 10.9. The molecule has 0 aliphatic carbocycles. The molecule has 0 N–H and O–H groups in total. The third-order valence-corrected chi connectivity index (χ3v) is 4.56. The third-order valence-electron chi connectivity index (χ3n) is 4.56. The molecule has 0 bridgehead atoms. The zero-order chi connectivity index (χ0) is 15.0. The average Bonchev–Trinajstić information content (AvgIpc) is 2.58. The van der Waals surface area contributed by atoms with E-state index in [1.54, 1.807) is 0 Å². The first-order valence-electron chi connectivity index (χ1n) is 8.62. The number of rotatable bonds is 6. The molecule has 0 saturated carbocycles. The van der Waals surface area contributed by atoms with E-state index >= 15 is 0 Å². The Labute approximate surface area is 134 Å². The average molecular weight is 304 g/mol. The van der Waals surface area contributed by atoms with Gasteiger partial charge in [0, 0.05) is 45.9 Å². The molecule has 2 aliphatic rings. The molecule has 22 heavy (non-hydrogen) atoms. The summed E-state index contributed by atoms with van der Waals surface area (Å²) in [5, 5.41) is 0. The summed E-state index contributed by atoms with van der Waals surface area (Å²) in [6.45, 7) is 8.33. The van der Waals surface area contributed by atoms with Crippen LogP contribution < -0.4 is 0 Å². The lowest BCUT2D eigenvalue weighted by molar-refractivity contribution is -0.164. The molecule has 0 aromatic heterocycles. The number of piperazine rings is 1. The van der Waals surface area contributed by atoms with E-state index in [0.717, 1.165) is 58.9 Å². The highest BCUT2D eigenvalue weighted by molar-refractivity contribution is 5.14. The van der Waals surface area contributed by atoms with Gasteiger partial charge in [0.2, 0.25) is 0 Å². The van der Waals surface area contributed by atoms with Gasteiger partial charge >= 0.3 is 0 Å². The van der Waals surface area contributed by atoms with Crippen molar-refractivity contribution in [1.29, 1.82) is 0 Å². The highest BCUT2D eigenvalue weighted by Crippen LogP contribution is 2.14. The number of hydrogen-bond donors (Lipinski definition) is 0. The van der Waals surface area contributed by atoms with Gasteiger partial charge in [-0.15, -0.1) is 0 Å². The van der Waals surface area contributed by atoms with Crippen molar-refractivity contribution in [2.75, 3.05) is 45.9 Å². The second-order valence-corrected chi connectivity index (χ2v) is 6.27. The van der Waals surface area contributed by atoms with Crippen molar-refractivity contribution in [3.63, 3.8) is 0 Å². The van der Waals surface area contributed by atoms with E-state index in [2.05, 4.69) is 40.1 Å². The SMILES string of the molecule is c1ccc(CN2CCN(CCO[C@@H]3CCCCO3)CC2)cc1. The van der Waals surface area contributed by atoms with E-state index in [0.29, 0.717) is 0 Å². The summed E-state index contributed by atoms with van der Waals surface area (Å²) in [5.74, 6) is 0. The van der Waals surface area contributed by atoms with Crippen molar-refractivity contribution in [3.8, 4) is 0 Å². The molecule has 2 saturated heterocycles. The Morgan fingerprint density at radius 1 is 1.00 bits per heavy atom. The third kappa shape index (κ3) is 5.06. The van der Waals surface area contributed by atoms with Gasteiger partial charge in [-0.3, -0.25) is 9.80 Å². The topological polar surface area (TPSA) is 24.9 Å². The Morgan fingerprint density at radius 3 is 2.50 bits per heavy atom. The molecule has 1 aromatic rings. The molecule has 0 unspecified atom stereocenters. The number of nitrogens with zero attached hydrogens (tertiary/aromatic N) is 2. The molecule has 1 atom stereocenters. The Balaban J connectivity index is 1.30. The Hall–Kier alpha value is -0.940. The normalized spacial score (nSPS) is 24.5. The number of benzene rings is 1. The van der Waals surface area contributed by atoms with E-state index < -0.39 is 0 Å². The van der Waals surface area contributed by atoms with Crippen LogP contribution in [0, 0.1) is 0 Å². The van der Waals surface area contributed by atoms with Gasteiger partial charge in [0.1, 0.15) is 0 Å². The van der Waals surface area contributed by atoms with Crippen LogP contribution in [0.25, 0.3) is 0 Å². The predicted molar refractivity (Wildman–Crippen MR) is 87.7 cm³/mol. The lowest BCUT2D eigenvalue weighted by Crippen LogP contribution is -2.47. The summed E-state index contributed by atoms with van der Waals surface area (Å²) in [5.41, 5.74) is 1.41. The van der Waals surface area contributed by atoms with E-state index in [1.807, 2.05) is 0 Å². The molecule has 1 aromatic carbocycles. The zero-order valence-electron chi connectivity index (χ0n) is 13.5. The van der Waals surface area contributed by atoms with Crippen molar-refractivity contribution in [2.24, 2.45) is 0 Å². The number of hydrogen-bond acceptors (Lipinski definition) is 4.